The zero-order valence-corrected chi connectivity index (χ0v) is 10.8. The number of hydrogen-bond acceptors (Lipinski definition) is 3. The molecule has 0 unspecified atom stereocenters. The summed E-state index contributed by atoms with van der Waals surface area (Å²) in [5, 5.41) is 1.01. The fourth-order valence-corrected chi connectivity index (χ4v) is 2.12. The molecule has 2 heterocycles. The highest BCUT2D eigenvalue weighted by Gasteiger charge is 2.02. The van der Waals surface area contributed by atoms with E-state index in [1.807, 2.05) is 12.3 Å². The third kappa shape index (κ3) is 2.27. The van der Waals surface area contributed by atoms with Crippen molar-refractivity contribution in [1.29, 1.82) is 0 Å². The molecule has 0 amide bonds. The summed E-state index contributed by atoms with van der Waals surface area (Å²) >= 11 is 0. The summed E-state index contributed by atoms with van der Waals surface area (Å²) in [6.45, 7) is 2.16. The summed E-state index contributed by atoms with van der Waals surface area (Å²) in [7, 11) is 0. The van der Waals surface area contributed by atoms with E-state index in [1.54, 1.807) is 6.07 Å². The van der Waals surface area contributed by atoms with Crippen LogP contribution in [0.1, 0.15) is 12.5 Å². The molecule has 0 saturated carbocycles. The number of anilines is 1. The second-order valence-corrected chi connectivity index (χ2v) is 4.56. The Morgan fingerprint density at radius 3 is 2.53 bits per heavy atom. The Morgan fingerprint density at radius 1 is 1.00 bits per heavy atom. The molecule has 3 heteroatoms. The molecule has 3 nitrogen and oxygen atoms in total. The van der Waals surface area contributed by atoms with Crippen molar-refractivity contribution in [3.63, 3.8) is 0 Å². The normalized spacial score (nSPS) is 10.8. The molecule has 19 heavy (non-hydrogen) atoms. The molecule has 0 bridgehead atoms. The lowest BCUT2D eigenvalue weighted by Crippen LogP contribution is -1.92. The highest BCUT2D eigenvalue weighted by atomic mass is 14.9. The van der Waals surface area contributed by atoms with Gasteiger partial charge in [-0.05, 0) is 35.7 Å². The molecule has 3 aromatic rings. The minimum Gasteiger partial charge on any atom is -0.384 e. The molecule has 94 valence electrons. The van der Waals surface area contributed by atoms with Crippen LogP contribution in [-0.2, 0) is 6.42 Å². The number of pyridine rings is 2. The molecule has 0 radical (unpaired) electrons. The highest BCUT2D eigenvalue weighted by molar-refractivity contribution is 5.81. The van der Waals surface area contributed by atoms with E-state index in [2.05, 4.69) is 47.2 Å². The fourth-order valence-electron chi connectivity index (χ4n) is 2.12. The Hall–Kier alpha value is -2.42. The van der Waals surface area contributed by atoms with Gasteiger partial charge in [0, 0.05) is 17.1 Å². The lowest BCUT2D eigenvalue weighted by Gasteiger charge is -2.04. The maximum atomic E-state index is 5.65. The first-order valence-electron chi connectivity index (χ1n) is 6.38. The van der Waals surface area contributed by atoms with Crippen molar-refractivity contribution in [1.82, 2.24) is 9.97 Å². The van der Waals surface area contributed by atoms with Crippen LogP contribution in [0.2, 0.25) is 0 Å². The zero-order chi connectivity index (χ0) is 13.2. The summed E-state index contributed by atoms with van der Waals surface area (Å²) in [6.07, 6.45) is 2.90. The number of nitrogens with two attached hydrogens (primary N) is 1. The summed E-state index contributed by atoms with van der Waals surface area (Å²) in [5.74, 6) is 0.500. The molecule has 2 aromatic heterocycles. The van der Waals surface area contributed by atoms with Crippen molar-refractivity contribution in [2.24, 2.45) is 0 Å². The fraction of sp³-hybridized carbons (Fsp3) is 0.125. The van der Waals surface area contributed by atoms with Crippen molar-refractivity contribution in [3.05, 3.63) is 54.2 Å². The Morgan fingerprint density at radius 2 is 1.79 bits per heavy atom. The van der Waals surface area contributed by atoms with Crippen molar-refractivity contribution >= 4 is 16.9 Å². The van der Waals surface area contributed by atoms with E-state index in [1.165, 1.54) is 11.1 Å². The van der Waals surface area contributed by atoms with Crippen LogP contribution in [0, 0.1) is 0 Å². The number of hydrogen-bond donors (Lipinski definition) is 1. The third-order valence-corrected chi connectivity index (χ3v) is 3.26. The molecular weight excluding hydrogens is 234 g/mol. The number of aryl methyl sites for hydroxylation is 1. The zero-order valence-electron chi connectivity index (χ0n) is 10.8. The van der Waals surface area contributed by atoms with Gasteiger partial charge in [0.15, 0.2) is 5.65 Å². The van der Waals surface area contributed by atoms with Gasteiger partial charge in [0.25, 0.3) is 0 Å². The maximum absolute atomic E-state index is 5.65. The molecule has 2 N–H and O–H groups in total. The smallest absolute Gasteiger partial charge is 0.161 e. The molecule has 0 fully saturated rings. The first-order valence-corrected chi connectivity index (χ1v) is 6.38. The molecule has 0 saturated heterocycles. The number of rotatable bonds is 2. The Labute approximate surface area is 112 Å². The minimum atomic E-state index is 0.500. The molecular formula is C16H15N3. The molecule has 0 aliphatic heterocycles. The largest absolute Gasteiger partial charge is 0.384 e. The highest BCUT2D eigenvalue weighted by Crippen LogP contribution is 2.23. The second kappa shape index (κ2) is 4.69. The van der Waals surface area contributed by atoms with Crippen LogP contribution in [0.5, 0.6) is 0 Å². The number of nitrogen functional groups attached to an aromatic ring is 1. The van der Waals surface area contributed by atoms with E-state index in [0.717, 1.165) is 17.4 Å². The summed E-state index contributed by atoms with van der Waals surface area (Å²) in [4.78, 5) is 8.57. The molecule has 0 spiro atoms. The van der Waals surface area contributed by atoms with Crippen molar-refractivity contribution in [3.8, 4) is 11.1 Å². The predicted molar refractivity (Wildman–Crippen MR) is 78.8 cm³/mol. The van der Waals surface area contributed by atoms with Gasteiger partial charge in [0.1, 0.15) is 5.82 Å². The first kappa shape index (κ1) is 11.7. The quantitative estimate of drug-likeness (QED) is 0.757. The van der Waals surface area contributed by atoms with E-state index >= 15 is 0 Å². The summed E-state index contributed by atoms with van der Waals surface area (Å²) in [5.41, 5.74) is 9.95. The summed E-state index contributed by atoms with van der Waals surface area (Å²) in [6, 6.07) is 14.4. The molecule has 3 rings (SSSR count). The van der Waals surface area contributed by atoms with Gasteiger partial charge >= 0.3 is 0 Å². The van der Waals surface area contributed by atoms with Crippen LogP contribution >= 0.6 is 0 Å². The van der Waals surface area contributed by atoms with Gasteiger partial charge < -0.3 is 5.73 Å². The van der Waals surface area contributed by atoms with Crippen LogP contribution in [0.25, 0.3) is 22.2 Å². The van der Waals surface area contributed by atoms with E-state index in [0.29, 0.717) is 11.5 Å². The average molecular weight is 249 g/mol. The van der Waals surface area contributed by atoms with Crippen LogP contribution in [0.4, 0.5) is 5.82 Å². The first-order chi connectivity index (χ1) is 9.26. The van der Waals surface area contributed by atoms with Crippen molar-refractivity contribution in [2.75, 3.05) is 5.73 Å². The Kier molecular flexibility index (Phi) is 2.88. The lowest BCUT2D eigenvalue weighted by molar-refractivity contribution is 1.14. The number of benzene rings is 1. The van der Waals surface area contributed by atoms with E-state index in [4.69, 9.17) is 5.73 Å². The standard InChI is InChI=1S/C16H15N3/c1-2-11-3-5-12(6-4-11)14-9-13-7-8-15(17)19-16(13)18-10-14/h3-10H,2H2,1H3,(H2,17,18,19). The average Bonchev–Trinajstić information content (AvgIpc) is 2.47. The van der Waals surface area contributed by atoms with Crippen molar-refractivity contribution < 1.29 is 0 Å². The molecule has 0 aliphatic carbocycles. The topological polar surface area (TPSA) is 51.8 Å². The monoisotopic (exact) mass is 249 g/mol. The SMILES string of the molecule is CCc1ccc(-c2cnc3nc(N)ccc3c2)cc1. The van der Waals surface area contributed by atoms with Gasteiger partial charge in [-0.3, -0.25) is 0 Å². The van der Waals surface area contributed by atoms with Gasteiger partial charge in [-0.25, -0.2) is 9.97 Å². The second-order valence-electron chi connectivity index (χ2n) is 4.56. The van der Waals surface area contributed by atoms with Crippen LogP contribution in [0.15, 0.2) is 48.7 Å². The van der Waals surface area contributed by atoms with Gasteiger partial charge in [-0.15, -0.1) is 0 Å². The van der Waals surface area contributed by atoms with Gasteiger partial charge in [-0.1, -0.05) is 31.2 Å². The molecule has 0 atom stereocenters. The minimum absolute atomic E-state index is 0.500. The number of fused-ring (bicyclic) bond motifs is 1. The van der Waals surface area contributed by atoms with Crippen molar-refractivity contribution in [2.45, 2.75) is 13.3 Å². The van der Waals surface area contributed by atoms with Crippen LogP contribution < -0.4 is 5.73 Å². The van der Waals surface area contributed by atoms with Gasteiger partial charge in [0.05, 0.1) is 0 Å². The lowest BCUT2D eigenvalue weighted by atomic mass is 10.0. The maximum Gasteiger partial charge on any atom is 0.161 e. The number of nitrogens with zero attached hydrogens (tertiary/aromatic N) is 2. The Bertz CT molecular complexity index is 718. The molecule has 1 aromatic carbocycles. The van der Waals surface area contributed by atoms with E-state index < -0.39 is 0 Å². The van der Waals surface area contributed by atoms with Gasteiger partial charge in [-0.2, -0.15) is 0 Å². The number of aromatic nitrogens is 2. The van der Waals surface area contributed by atoms with E-state index in [9.17, 15) is 0 Å². The van der Waals surface area contributed by atoms with Crippen LogP contribution in [-0.4, -0.2) is 9.97 Å². The third-order valence-electron chi connectivity index (χ3n) is 3.26. The summed E-state index contributed by atoms with van der Waals surface area (Å²) < 4.78 is 0. The molecule has 0 aliphatic rings. The Balaban J connectivity index is 2.06. The van der Waals surface area contributed by atoms with E-state index in [-0.39, 0.29) is 0 Å². The van der Waals surface area contributed by atoms with Gasteiger partial charge in [0.2, 0.25) is 0 Å². The predicted octanol–water partition coefficient (Wildman–Crippen LogP) is 3.44. The van der Waals surface area contributed by atoms with Crippen LogP contribution in [0.3, 0.4) is 0 Å².